The van der Waals surface area contributed by atoms with Gasteiger partial charge in [-0.3, -0.25) is 4.90 Å². The van der Waals surface area contributed by atoms with Crippen molar-refractivity contribution in [1.29, 1.82) is 0 Å². The van der Waals surface area contributed by atoms with Crippen molar-refractivity contribution < 1.29 is 28.2 Å². The Morgan fingerprint density at radius 2 is 1.90 bits per heavy atom. The zero-order valence-electron chi connectivity index (χ0n) is 21.7. The third-order valence-electron chi connectivity index (χ3n) is 7.30. The van der Waals surface area contributed by atoms with Crippen molar-refractivity contribution in [3.63, 3.8) is 0 Å². The zero-order valence-corrected chi connectivity index (χ0v) is 21.7. The van der Waals surface area contributed by atoms with Gasteiger partial charge in [-0.25, -0.2) is 28.5 Å². The number of hydrogen-bond donors (Lipinski definition) is 1. The van der Waals surface area contributed by atoms with Gasteiger partial charge in [0.15, 0.2) is 11.3 Å². The summed E-state index contributed by atoms with van der Waals surface area (Å²) in [6.07, 6.45) is 4.25. The molecule has 1 unspecified atom stereocenters. The Hall–Kier alpha value is -4.03. The second-order valence-electron chi connectivity index (χ2n) is 10.1. The van der Waals surface area contributed by atoms with Gasteiger partial charge in [0.05, 0.1) is 19.2 Å². The average Bonchev–Trinajstić information content (AvgIpc) is 3.25. The predicted molar refractivity (Wildman–Crippen MR) is 139 cm³/mol. The summed E-state index contributed by atoms with van der Waals surface area (Å²) in [4.78, 5) is 31.5. The molecule has 208 valence electrons. The summed E-state index contributed by atoms with van der Waals surface area (Å²) < 4.78 is 41.0. The Kier molecular flexibility index (Phi) is 7.35. The predicted octanol–water partition coefficient (Wildman–Crippen LogP) is 3.62. The molecular formula is C28H28F2N6O4. The highest BCUT2D eigenvalue weighted by Crippen LogP contribution is 2.24. The van der Waals surface area contributed by atoms with Crippen LogP contribution in [0.2, 0.25) is 0 Å². The minimum atomic E-state index is -1.07. The van der Waals surface area contributed by atoms with E-state index in [1.807, 2.05) is 4.57 Å². The molecule has 0 aliphatic carbocycles. The van der Waals surface area contributed by atoms with E-state index < -0.39 is 17.6 Å². The molecule has 0 saturated carbocycles. The van der Waals surface area contributed by atoms with Crippen LogP contribution >= 0.6 is 0 Å². The Balaban J connectivity index is 1.09. The van der Waals surface area contributed by atoms with Crippen LogP contribution in [-0.4, -0.2) is 72.4 Å². The maximum absolute atomic E-state index is 14.0. The van der Waals surface area contributed by atoms with E-state index in [1.54, 1.807) is 18.3 Å². The number of pyridine rings is 1. The highest BCUT2D eigenvalue weighted by molar-refractivity contribution is 5.88. The SMILES string of the molecule is O=C(O)c1ccc2nc(CN3CCC(Oc4ccnc(Cc5ccc(F)cc5F)n4)CC3)n(CC3CCO3)c2n1. The van der Waals surface area contributed by atoms with Crippen molar-refractivity contribution >= 4 is 17.1 Å². The van der Waals surface area contributed by atoms with Gasteiger partial charge in [0.25, 0.3) is 0 Å². The van der Waals surface area contributed by atoms with Gasteiger partial charge in [-0.05, 0) is 43.0 Å². The summed E-state index contributed by atoms with van der Waals surface area (Å²) in [6, 6.07) is 8.32. The van der Waals surface area contributed by atoms with Crippen LogP contribution in [0.4, 0.5) is 8.78 Å². The van der Waals surface area contributed by atoms with Crippen molar-refractivity contribution in [2.75, 3.05) is 19.7 Å². The fraction of sp³-hybridized carbons (Fsp3) is 0.393. The van der Waals surface area contributed by atoms with E-state index in [4.69, 9.17) is 14.5 Å². The van der Waals surface area contributed by atoms with Crippen molar-refractivity contribution in [2.45, 2.75) is 51.0 Å². The largest absolute Gasteiger partial charge is 0.477 e. The molecule has 2 aliphatic rings. The molecule has 0 spiro atoms. The third-order valence-corrected chi connectivity index (χ3v) is 7.30. The summed E-state index contributed by atoms with van der Waals surface area (Å²) in [7, 11) is 0. The zero-order chi connectivity index (χ0) is 27.6. The molecule has 1 atom stereocenters. The molecule has 6 rings (SSSR count). The van der Waals surface area contributed by atoms with E-state index in [-0.39, 0.29) is 24.3 Å². The molecule has 1 N–H and O–H groups in total. The minimum Gasteiger partial charge on any atom is -0.477 e. The van der Waals surface area contributed by atoms with Gasteiger partial charge < -0.3 is 19.1 Å². The first-order chi connectivity index (χ1) is 19.4. The number of piperidine rings is 1. The number of carboxylic acid groups (broad SMARTS) is 1. The number of carboxylic acids is 1. The van der Waals surface area contributed by atoms with Crippen LogP contribution in [0.1, 0.15) is 47.0 Å². The van der Waals surface area contributed by atoms with Crippen LogP contribution in [-0.2, 0) is 24.2 Å². The minimum absolute atomic E-state index is 0.0108. The highest BCUT2D eigenvalue weighted by atomic mass is 19.1. The van der Waals surface area contributed by atoms with Gasteiger partial charge in [-0.1, -0.05) is 6.07 Å². The number of aromatic nitrogens is 5. The number of fused-ring (bicyclic) bond motifs is 1. The lowest BCUT2D eigenvalue weighted by Gasteiger charge is -2.32. The van der Waals surface area contributed by atoms with Crippen LogP contribution < -0.4 is 4.74 Å². The van der Waals surface area contributed by atoms with Gasteiger partial charge in [0.1, 0.15) is 34.9 Å². The maximum Gasteiger partial charge on any atom is 0.354 e. The third kappa shape index (κ3) is 5.77. The molecule has 5 heterocycles. The quantitative estimate of drug-likeness (QED) is 0.334. The van der Waals surface area contributed by atoms with Crippen LogP contribution in [0.5, 0.6) is 5.88 Å². The van der Waals surface area contributed by atoms with E-state index in [1.165, 1.54) is 18.2 Å². The molecule has 0 bridgehead atoms. The summed E-state index contributed by atoms with van der Waals surface area (Å²) >= 11 is 0. The fourth-order valence-electron chi connectivity index (χ4n) is 5.03. The first kappa shape index (κ1) is 26.2. The monoisotopic (exact) mass is 550 g/mol. The maximum atomic E-state index is 14.0. The molecule has 0 amide bonds. The summed E-state index contributed by atoms with van der Waals surface area (Å²) in [5.41, 5.74) is 1.53. The molecular weight excluding hydrogens is 522 g/mol. The molecule has 0 radical (unpaired) electrons. The number of likely N-dealkylation sites (tertiary alicyclic amines) is 1. The topological polar surface area (TPSA) is 115 Å². The Morgan fingerprint density at radius 1 is 1.07 bits per heavy atom. The molecule has 2 fully saturated rings. The molecule has 12 heteroatoms. The Morgan fingerprint density at radius 3 is 2.62 bits per heavy atom. The summed E-state index contributed by atoms with van der Waals surface area (Å²) in [6.45, 7) is 3.46. The Labute approximate surface area is 228 Å². The van der Waals surface area contributed by atoms with Gasteiger partial charge >= 0.3 is 5.97 Å². The van der Waals surface area contributed by atoms with Crippen LogP contribution in [0, 0.1) is 11.6 Å². The summed E-state index contributed by atoms with van der Waals surface area (Å²) in [5.74, 6) is -0.679. The molecule has 3 aromatic heterocycles. The molecule has 2 aliphatic heterocycles. The van der Waals surface area contributed by atoms with Crippen LogP contribution in [0.3, 0.4) is 0 Å². The van der Waals surface area contributed by atoms with Crippen molar-refractivity contribution in [3.8, 4) is 5.88 Å². The normalized spacial score (nSPS) is 18.1. The second-order valence-corrected chi connectivity index (χ2v) is 10.1. The standard InChI is InChI=1S/C28H28F2N6O4/c29-18-2-1-17(21(30)14-18)13-24-31-9-5-26(34-24)40-19-6-10-35(11-7-19)16-25-32-22-3-4-23(28(37)38)33-27(22)36(25)15-20-8-12-39-20/h1-5,9,14,19-20H,6-8,10-13,15-16H2,(H,37,38). The van der Waals surface area contributed by atoms with Crippen molar-refractivity contribution in [2.24, 2.45) is 0 Å². The van der Waals surface area contributed by atoms with E-state index in [2.05, 4.69) is 19.9 Å². The van der Waals surface area contributed by atoms with E-state index in [0.29, 0.717) is 41.5 Å². The lowest BCUT2D eigenvalue weighted by atomic mass is 10.1. The number of ether oxygens (including phenoxy) is 2. The highest BCUT2D eigenvalue weighted by Gasteiger charge is 2.26. The number of benzene rings is 1. The smallest absolute Gasteiger partial charge is 0.354 e. The number of hydrogen-bond acceptors (Lipinski definition) is 8. The number of aromatic carboxylic acids is 1. The average molecular weight is 551 g/mol. The van der Waals surface area contributed by atoms with E-state index in [0.717, 1.165) is 50.8 Å². The molecule has 40 heavy (non-hydrogen) atoms. The van der Waals surface area contributed by atoms with Crippen molar-refractivity contribution in [1.82, 2.24) is 29.4 Å². The Bertz CT molecular complexity index is 1530. The number of carbonyl (C=O) groups is 1. The number of halogens is 2. The molecule has 1 aromatic carbocycles. The van der Waals surface area contributed by atoms with E-state index in [9.17, 15) is 18.7 Å². The summed E-state index contributed by atoms with van der Waals surface area (Å²) in [5, 5.41) is 9.40. The van der Waals surface area contributed by atoms with Crippen molar-refractivity contribution in [3.05, 3.63) is 77.1 Å². The molecule has 10 nitrogen and oxygen atoms in total. The first-order valence-electron chi connectivity index (χ1n) is 13.3. The number of imidazole rings is 1. The molecule has 4 aromatic rings. The first-order valence-corrected chi connectivity index (χ1v) is 13.3. The van der Waals surface area contributed by atoms with Gasteiger partial charge in [-0.15, -0.1) is 0 Å². The van der Waals surface area contributed by atoms with Gasteiger partial charge in [-0.2, -0.15) is 4.98 Å². The van der Waals surface area contributed by atoms with Gasteiger partial charge in [0, 0.05) is 44.4 Å². The van der Waals surface area contributed by atoms with Crippen LogP contribution in [0.15, 0.2) is 42.6 Å². The lowest BCUT2D eigenvalue weighted by Crippen LogP contribution is -2.39. The number of rotatable bonds is 9. The number of nitrogens with zero attached hydrogens (tertiary/aromatic N) is 6. The van der Waals surface area contributed by atoms with E-state index >= 15 is 0 Å². The van der Waals surface area contributed by atoms with Gasteiger partial charge in [0.2, 0.25) is 5.88 Å². The second kappa shape index (κ2) is 11.2. The molecule has 2 saturated heterocycles. The lowest BCUT2D eigenvalue weighted by molar-refractivity contribution is -0.0593. The fourth-order valence-corrected chi connectivity index (χ4v) is 5.03. The van der Waals surface area contributed by atoms with Crippen LogP contribution in [0.25, 0.3) is 11.2 Å².